The Morgan fingerprint density at radius 3 is 2.70 bits per heavy atom. The Kier molecular flexibility index (Phi) is 5.39. The molecular weight excluding hydrogens is 292 g/mol. The fourth-order valence-electron chi connectivity index (χ4n) is 2.72. The van der Waals surface area contributed by atoms with Gasteiger partial charge in [-0.25, -0.2) is 0 Å². The Morgan fingerprint density at radius 2 is 2.00 bits per heavy atom. The average Bonchev–Trinajstić information content (AvgIpc) is 3.09. The molecular formula is C17H22N4O2. The van der Waals surface area contributed by atoms with Gasteiger partial charge in [0.15, 0.2) is 0 Å². The van der Waals surface area contributed by atoms with Crippen LogP contribution in [-0.2, 0) is 16.1 Å². The summed E-state index contributed by atoms with van der Waals surface area (Å²) in [5, 5.41) is 7.38. The van der Waals surface area contributed by atoms with Crippen molar-refractivity contribution in [3.8, 4) is 0 Å². The van der Waals surface area contributed by atoms with Crippen molar-refractivity contribution in [3.05, 3.63) is 54.4 Å². The molecule has 1 unspecified atom stereocenters. The summed E-state index contributed by atoms with van der Waals surface area (Å²) in [5.74, 6) is 0.0351. The summed E-state index contributed by atoms with van der Waals surface area (Å²) in [6, 6.07) is 11.8. The third kappa shape index (κ3) is 4.64. The summed E-state index contributed by atoms with van der Waals surface area (Å²) in [5.41, 5.74) is 1.08. The van der Waals surface area contributed by atoms with Gasteiger partial charge in [0, 0.05) is 25.5 Å². The number of amides is 1. The van der Waals surface area contributed by atoms with Gasteiger partial charge in [-0.15, -0.1) is 0 Å². The van der Waals surface area contributed by atoms with Crippen LogP contribution in [0.25, 0.3) is 0 Å². The zero-order valence-corrected chi connectivity index (χ0v) is 13.1. The molecule has 1 saturated heterocycles. The quantitative estimate of drug-likeness (QED) is 0.866. The molecule has 1 atom stereocenters. The lowest BCUT2D eigenvalue weighted by Crippen LogP contribution is -2.44. The van der Waals surface area contributed by atoms with E-state index in [9.17, 15) is 4.79 Å². The fourth-order valence-corrected chi connectivity index (χ4v) is 2.72. The Morgan fingerprint density at radius 1 is 1.22 bits per heavy atom. The SMILES string of the molecule is O=C(CN1CCOCC1)NC(Cn1cccn1)c1ccccc1. The summed E-state index contributed by atoms with van der Waals surface area (Å²) in [6.45, 7) is 4.04. The van der Waals surface area contributed by atoms with Gasteiger partial charge in [-0.1, -0.05) is 30.3 Å². The number of hydrogen-bond donors (Lipinski definition) is 1. The van der Waals surface area contributed by atoms with Crippen LogP contribution in [0.3, 0.4) is 0 Å². The highest BCUT2D eigenvalue weighted by atomic mass is 16.5. The standard InChI is InChI=1S/C17H22N4O2/c22-17(14-20-9-11-23-12-10-20)19-16(13-21-8-4-7-18-21)15-5-2-1-3-6-15/h1-8,16H,9-14H2,(H,19,22). The summed E-state index contributed by atoms with van der Waals surface area (Å²) in [4.78, 5) is 14.5. The molecule has 1 N–H and O–H groups in total. The summed E-state index contributed by atoms with van der Waals surface area (Å²) in [6.07, 6.45) is 3.65. The van der Waals surface area contributed by atoms with Crippen LogP contribution in [0.4, 0.5) is 0 Å². The van der Waals surface area contributed by atoms with Gasteiger partial charge in [0.2, 0.25) is 5.91 Å². The number of morpholine rings is 1. The van der Waals surface area contributed by atoms with Gasteiger partial charge in [-0.3, -0.25) is 14.4 Å². The van der Waals surface area contributed by atoms with Crippen molar-refractivity contribution >= 4 is 5.91 Å². The first kappa shape index (κ1) is 15.7. The zero-order valence-electron chi connectivity index (χ0n) is 13.1. The van der Waals surface area contributed by atoms with Crippen LogP contribution in [0.15, 0.2) is 48.8 Å². The second-order valence-corrected chi connectivity index (χ2v) is 5.65. The van der Waals surface area contributed by atoms with Crippen LogP contribution in [0.1, 0.15) is 11.6 Å². The van der Waals surface area contributed by atoms with E-state index in [1.165, 1.54) is 0 Å². The van der Waals surface area contributed by atoms with Gasteiger partial charge in [0.1, 0.15) is 0 Å². The predicted molar refractivity (Wildman–Crippen MR) is 86.8 cm³/mol. The van der Waals surface area contributed by atoms with Crippen molar-refractivity contribution < 1.29 is 9.53 Å². The number of nitrogens with zero attached hydrogens (tertiary/aromatic N) is 3. The number of benzene rings is 1. The Hall–Kier alpha value is -2.18. The molecule has 1 aliphatic rings. The lowest BCUT2D eigenvalue weighted by Gasteiger charge is -2.27. The highest BCUT2D eigenvalue weighted by molar-refractivity contribution is 5.78. The molecule has 122 valence electrons. The largest absolute Gasteiger partial charge is 0.379 e. The summed E-state index contributed by atoms with van der Waals surface area (Å²) >= 11 is 0. The third-order valence-corrected chi connectivity index (χ3v) is 3.94. The molecule has 0 saturated carbocycles. The Balaban J connectivity index is 1.64. The fraction of sp³-hybridized carbons (Fsp3) is 0.412. The van der Waals surface area contributed by atoms with Crippen LogP contribution in [0.2, 0.25) is 0 Å². The summed E-state index contributed by atoms with van der Waals surface area (Å²) in [7, 11) is 0. The highest BCUT2D eigenvalue weighted by Gasteiger charge is 2.19. The number of ether oxygens (including phenoxy) is 1. The topological polar surface area (TPSA) is 59.4 Å². The molecule has 1 aliphatic heterocycles. The molecule has 1 aromatic heterocycles. The molecule has 0 aliphatic carbocycles. The molecule has 6 heteroatoms. The maximum atomic E-state index is 12.4. The molecule has 1 fully saturated rings. The van der Waals surface area contributed by atoms with Gasteiger partial charge in [-0.05, 0) is 11.6 Å². The van der Waals surface area contributed by atoms with E-state index in [0.717, 1.165) is 18.7 Å². The first-order chi connectivity index (χ1) is 11.3. The van der Waals surface area contributed by atoms with Crippen molar-refractivity contribution in [3.63, 3.8) is 0 Å². The molecule has 3 rings (SSSR count). The van der Waals surface area contributed by atoms with Crippen molar-refractivity contribution in [2.24, 2.45) is 0 Å². The minimum atomic E-state index is -0.0929. The van der Waals surface area contributed by atoms with Crippen molar-refractivity contribution in [2.45, 2.75) is 12.6 Å². The van der Waals surface area contributed by atoms with E-state index >= 15 is 0 Å². The van der Waals surface area contributed by atoms with E-state index in [0.29, 0.717) is 26.3 Å². The van der Waals surface area contributed by atoms with Crippen LogP contribution < -0.4 is 5.32 Å². The van der Waals surface area contributed by atoms with E-state index in [2.05, 4.69) is 15.3 Å². The molecule has 0 bridgehead atoms. The molecule has 23 heavy (non-hydrogen) atoms. The Labute approximate surface area is 136 Å². The van der Waals surface area contributed by atoms with Crippen molar-refractivity contribution in [1.29, 1.82) is 0 Å². The number of carbonyl (C=O) groups is 1. The Bertz CT molecular complexity index is 594. The second-order valence-electron chi connectivity index (χ2n) is 5.65. The van der Waals surface area contributed by atoms with E-state index in [-0.39, 0.29) is 11.9 Å². The number of carbonyl (C=O) groups excluding carboxylic acids is 1. The van der Waals surface area contributed by atoms with Crippen molar-refractivity contribution in [1.82, 2.24) is 20.0 Å². The zero-order chi connectivity index (χ0) is 15.9. The first-order valence-corrected chi connectivity index (χ1v) is 7.93. The molecule has 2 aromatic rings. The predicted octanol–water partition coefficient (Wildman–Crippen LogP) is 1.07. The maximum Gasteiger partial charge on any atom is 0.234 e. The first-order valence-electron chi connectivity index (χ1n) is 7.93. The van der Waals surface area contributed by atoms with E-state index < -0.39 is 0 Å². The lowest BCUT2D eigenvalue weighted by molar-refractivity contribution is -0.124. The summed E-state index contributed by atoms with van der Waals surface area (Å²) < 4.78 is 7.16. The third-order valence-electron chi connectivity index (χ3n) is 3.94. The van der Waals surface area contributed by atoms with Gasteiger partial charge in [0.05, 0.1) is 32.3 Å². The molecule has 0 spiro atoms. The lowest BCUT2D eigenvalue weighted by atomic mass is 10.1. The second kappa shape index (κ2) is 7.89. The van der Waals surface area contributed by atoms with Crippen LogP contribution in [-0.4, -0.2) is 53.4 Å². The molecule has 6 nitrogen and oxygen atoms in total. The molecule has 2 heterocycles. The number of aromatic nitrogens is 2. The minimum absolute atomic E-state index is 0.0351. The number of nitrogens with one attached hydrogen (secondary N) is 1. The molecule has 0 radical (unpaired) electrons. The van der Waals surface area contributed by atoms with Gasteiger partial charge in [-0.2, -0.15) is 5.10 Å². The normalized spacial score (nSPS) is 16.9. The minimum Gasteiger partial charge on any atom is -0.379 e. The molecule has 1 amide bonds. The van der Waals surface area contributed by atoms with E-state index in [4.69, 9.17) is 4.74 Å². The average molecular weight is 314 g/mol. The number of hydrogen-bond acceptors (Lipinski definition) is 4. The van der Waals surface area contributed by atoms with E-state index in [1.54, 1.807) is 6.20 Å². The number of rotatable bonds is 6. The van der Waals surface area contributed by atoms with Crippen LogP contribution in [0.5, 0.6) is 0 Å². The smallest absolute Gasteiger partial charge is 0.234 e. The molecule has 1 aromatic carbocycles. The monoisotopic (exact) mass is 314 g/mol. The van der Waals surface area contributed by atoms with Gasteiger partial charge >= 0.3 is 0 Å². The van der Waals surface area contributed by atoms with Gasteiger partial charge in [0.25, 0.3) is 0 Å². The highest BCUT2D eigenvalue weighted by Crippen LogP contribution is 2.14. The van der Waals surface area contributed by atoms with Gasteiger partial charge < -0.3 is 10.1 Å². The van der Waals surface area contributed by atoms with Crippen molar-refractivity contribution in [2.75, 3.05) is 32.8 Å². The van der Waals surface area contributed by atoms with Crippen LogP contribution >= 0.6 is 0 Å². The van der Waals surface area contributed by atoms with Crippen LogP contribution in [0, 0.1) is 0 Å². The maximum absolute atomic E-state index is 12.4. The van der Waals surface area contributed by atoms with E-state index in [1.807, 2.05) is 47.3 Å².